The Morgan fingerprint density at radius 3 is 2.52 bits per heavy atom. The van der Waals surface area contributed by atoms with Crippen LogP contribution in [0.25, 0.3) is 0 Å². The Hall–Kier alpha value is -1.59. The molecule has 0 saturated carbocycles. The van der Waals surface area contributed by atoms with E-state index < -0.39 is 0 Å². The first-order valence-electron chi connectivity index (χ1n) is 7.43. The molecule has 0 aliphatic carbocycles. The van der Waals surface area contributed by atoms with Crippen molar-refractivity contribution in [2.75, 3.05) is 20.3 Å². The van der Waals surface area contributed by atoms with Crippen molar-refractivity contribution in [3.63, 3.8) is 0 Å². The van der Waals surface area contributed by atoms with Gasteiger partial charge in [-0.3, -0.25) is 10.3 Å². The highest BCUT2D eigenvalue weighted by Gasteiger charge is 2.16. The number of benzene rings is 1. The molecule has 0 heterocycles. The summed E-state index contributed by atoms with van der Waals surface area (Å²) >= 11 is 0. The second-order valence-electron chi connectivity index (χ2n) is 5.11. The van der Waals surface area contributed by atoms with Crippen LogP contribution < -0.4 is 10.5 Å². The fourth-order valence-corrected chi connectivity index (χ4v) is 2.62. The normalized spacial score (nSPS) is 11.1. The highest BCUT2D eigenvalue weighted by molar-refractivity contribution is 5.97. The van der Waals surface area contributed by atoms with E-state index in [0.717, 1.165) is 24.9 Å². The van der Waals surface area contributed by atoms with Crippen molar-refractivity contribution in [2.45, 2.75) is 39.3 Å². The number of rotatable bonds is 9. The van der Waals surface area contributed by atoms with Gasteiger partial charge in [-0.15, -0.1) is 0 Å². The second kappa shape index (κ2) is 8.64. The number of methoxy groups -OCH3 is 1. The Balaban J connectivity index is 2.98. The zero-order valence-electron chi connectivity index (χ0n) is 13.2. The van der Waals surface area contributed by atoms with E-state index in [9.17, 15) is 5.11 Å². The standard InChI is InChI=1S/C16H27N3O2/c1-4-13(5-2)19(8-9-20)11-12-6-7-15(21-3)14(10-12)16(17)18/h6-7,10,13,20H,4-5,8-9,11H2,1-3H3,(H3,17,18). The molecule has 0 amide bonds. The van der Waals surface area contributed by atoms with E-state index in [1.54, 1.807) is 7.11 Å². The molecule has 21 heavy (non-hydrogen) atoms. The fraction of sp³-hybridized carbons (Fsp3) is 0.562. The number of hydrogen-bond acceptors (Lipinski definition) is 4. The van der Waals surface area contributed by atoms with Crippen LogP contribution in [0.3, 0.4) is 0 Å². The Labute approximate surface area is 127 Å². The van der Waals surface area contributed by atoms with Gasteiger partial charge in [0.1, 0.15) is 11.6 Å². The van der Waals surface area contributed by atoms with E-state index in [4.69, 9.17) is 15.9 Å². The molecule has 0 unspecified atom stereocenters. The molecule has 1 aromatic rings. The number of aliphatic hydroxyl groups is 1. The number of hydrogen-bond donors (Lipinski definition) is 3. The summed E-state index contributed by atoms with van der Waals surface area (Å²) in [7, 11) is 1.57. The Kier molecular flexibility index (Phi) is 7.19. The SMILES string of the molecule is CCC(CC)N(CCO)Cc1ccc(OC)c(C(=N)N)c1. The number of nitrogen functional groups attached to an aromatic ring is 1. The first-order valence-corrected chi connectivity index (χ1v) is 7.43. The number of nitrogens with one attached hydrogen (secondary N) is 1. The van der Waals surface area contributed by atoms with Crippen molar-refractivity contribution in [2.24, 2.45) is 5.73 Å². The molecule has 4 N–H and O–H groups in total. The average Bonchev–Trinajstić information content (AvgIpc) is 2.48. The molecule has 0 saturated heterocycles. The number of amidine groups is 1. The number of aliphatic hydroxyl groups excluding tert-OH is 1. The first-order chi connectivity index (χ1) is 10.1. The van der Waals surface area contributed by atoms with Gasteiger partial charge >= 0.3 is 0 Å². The van der Waals surface area contributed by atoms with Crippen molar-refractivity contribution in [3.8, 4) is 5.75 Å². The summed E-state index contributed by atoms with van der Waals surface area (Å²) in [6, 6.07) is 6.17. The summed E-state index contributed by atoms with van der Waals surface area (Å²) in [6.07, 6.45) is 2.10. The molecule has 1 aromatic carbocycles. The van der Waals surface area contributed by atoms with E-state index in [1.807, 2.05) is 18.2 Å². The first kappa shape index (κ1) is 17.5. The van der Waals surface area contributed by atoms with Crippen molar-refractivity contribution in [1.82, 2.24) is 4.90 Å². The van der Waals surface area contributed by atoms with Crippen LogP contribution in [-0.4, -0.2) is 42.1 Å². The van der Waals surface area contributed by atoms with Crippen LogP contribution in [0.1, 0.15) is 37.8 Å². The van der Waals surface area contributed by atoms with Gasteiger partial charge in [0.15, 0.2) is 0 Å². The molecule has 0 aromatic heterocycles. The minimum atomic E-state index is 0.00458. The molecule has 0 atom stereocenters. The molecular weight excluding hydrogens is 266 g/mol. The van der Waals surface area contributed by atoms with Crippen LogP contribution >= 0.6 is 0 Å². The largest absolute Gasteiger partial charge is 0.496 e. The van der Waals surface area contributed by atoms with Crippen molar-refractivity contribution < 1.29 is 9.84 Å². The molecule has 1 rings (SSSR count). The van der Waals surface area contributed by atoms with Crippen LogP contribution in [0.2, 0.25) is 0 Å². The third kappa shape index (κ3) is 4.72. The second-order valence-corrected chi connectivity index (χ2v) is 5.11. The lowest BCUT2D eigenvalue weighted by Crippen LogP contribution is -2.36. The summed E-state index contributed by atoms with van der Waals surface area (Å²) in [5, 5.41) is 16.9. The van der Waals surface area contributed by atoms with Crippen LogP contribution in [-0.2, 0) is 6.54 Å². The van der Waals surface area contributed by atoms with Gasteiger partial charge in [-0.2, -0.15) is 0 Å². The van der Waals surface area contributed by atoms with E-state index in [2.05, 4.69) is 18.7 Å². The molecule has 0 spiro atoms. The topological polar surface area (TPSA) is 82.6 Å². The van der Waals surface area contributed by atoms with Gasteiger partial charge in [0.25, 0.3) is 0 Å². The lowest BCUT2D eigenvalue weighted by molar-refractivity contribution is 0.136. The maximum absolute atomic E-state index is 9.26. The van der Waals surface area contributed by atoms with Crippen molar-refractivity contribution in [1.29, 1.82) is 5.41 Å². The third-order valence-corrected chi connectivity index (χ3v) is 3.79. The Morgan fingerprint density at radius 2 is 2.05 bits per heavy atom. The zero-order valence-corrected chi connectivity index (χ0v) is 13.2. The molecule has 5 heteroatoms. The van der Waals surface area contributed by atoms with Gasteiger partial charge in [-0.1, -0.05) is 19.9 Å². The quantitative estimate of drug-likeness (QED) is 0.480. The summed E-state index contributed by atoms with van der Waals surface area (Å²) in [5.41, 5.74) is 7.30. The third-order valence-electron chi connectivity index (χ3n) is 3.79. The average molecular weight is 293 g/mol. The predicted octanol–water partition coefficient (Wildman–Crippen LogP) is 1.96. The van der Waals surface area contributed by atoms with Crippen LogP contribution in [0.15, 0.2) is 18.2 Å². The highest BCUT2D eigenvalue weighted by Crippen LogP contribution is 2.21. The molecule has 5 nitrogen and oxygen atoms in total. The van der Waals surface area contributed by atoms with Gasteiger partial charge in [0.2, 0.25) is 0 Å². The van der Waals surface area contributed by atoms with Gasteiger partial charge in [-0.25, -0.2) is 0 Å². The fourth-order valence-electron chi connectivity index (χ4n) is 2.62. The van der Waals surface area contributed by atoms with Crippen molar-refractivity contribution in [3.05, 3.63) is 29.3 Å². The minimum Gasteiger partial charge on any atom is -0.496 e. The summed E-state index contributed by atoms with van der Waals surface area (Å²) < 4.78 is 5.23. The van der Waals surface area contributed by atoms with Crippen LogP contribution in [0.5, 0.6) is 5.75 Å². The van der Waals surface area contributed by atoms with E-state index in [1.165, 1.54) is 0 Å². The summed E-state index contributed by atoms with van der Waals surface area (Å²) in [4.78, 5) is 2.27. The lowest BCUT2D eigenvalue weighted by Gasteiger charge is -2.30. The Morgan fingerprint density at radius 1 is 1.38 bits per heavy atom. The van der Waals surface area contributed by atoms with Crippen LogP contribution in [0, 0.1) is 5.41 Å². The maximum atomic E-state index is 9.26. The van der Waals surface area contributed by atoms with Crippen molar-refractivity contribution >= 4 is 5.84 Å². The van der Waals surface area contributed by atoms with Gasteiger partial charge in [0.05, 0.1) is 19.3 Å². The van der Waals surface area contributed by atoms with E-state index >= 15 is 0 Å². The summed E-state index contributed by atoms with van der Waals surface area (Å²) in [5.74, 6) is 0.618. The van der Waals surface area contributed by atoms with Crippen LogP contribution in [0.4, 0.5) is 0 Å². The Bertz CT molecular complexity index is 459. The minimum absolute atomic E-state index is 0.00458. The maximum Gasteiger partial charge on any atom is 0.129 e. The number of nitrogens with zero attached hydrogens (tertiary/aromatic N) is 1. The molecule has 0 radical (unpaired) electrons. The number of nitrogens with two attached hydrogens (primary N) is 1. The molecule has 0 fully saturated rings. The molecule has 118 valence electrons. The zero-order chi connectivity index (χ0) is 15.8. The molecule has 0 bridgehead atoms. The van der Waals surface area contributed by atoms with Gasteiger partial charge in [0, 0.05) is 19.1 Å². The monoisotopic (exact) mass is 293 g/mol. The van der Waals surface area contributed by atoms with E-state index in [0.29, 0.717) is 23.9 Å². The van der Waals surface area contributed by atoms with Gasteiger partial charge < -0.3 is 15.6 Å². The lowest BCUT2D eigenvalue weighted by atomic mass is 10.1. The molecular formula is C16H27N3O2. The molecule has 0 aliphatic rings. The van der Waals surface area contributed by atoms with Gasteiger partial charge in [-0.05, 0) is 30.5 Å². The smallest absolute Gasteiger partial charge is 0.129 e. The van der Waals surface area contributed by atoms with E-state index in [-0.39, 0.29) is 12.4 Å². The molecule has 0 aliphatic heterocycles. The summed E-state index contributed by atoms with van der Waals surface area (Å²) in [6.45, 7) is 5.85. The highest BCUT2D eigenvalue weighted by atomic mass is 16.5. The predicted molar refractivity (Wildman–Crippen MR) is 85.9 cm³/mol. The number of ether oxygens (including phenoxy) is 1.